The van der Waals surface area contributed by atoms with Crippen LogP contribution in [0.4, 0.5) is 0 Å². The van der Waals surface area contributed by atoms with Crippen LogP contribution in [-0.2, 0) is 24.9 Å². The van der Waals surface area contributed by atoms with Crippen molar-refractivity contribution in [3.05, 3.63) is 53.1 Å². The van der Waals surface area contributed by atoms with Gasteiger partial charge in [0.15, 0.2) is 0 Å². The molecule has 134 valence electrons. The summed E-state index contributed by atoms with van der Waals surface area (Å²) >= 11 is 0. The molecule has 3 aromatic rings. The fourth-order valence-corrected chi connectivity index (χ4v) is 2.63. The molecule has 0 saturated carbocycles. The highest BCUT2D eigenvalue weighted by Gasteiger charge is 2.12. The van der Waals surface area contributed by atoms with E-state index in [0.717, 1.165) is 11.0 Å². The van der Waals surface area contributed by atoms with E-state index < -0.39 is 0 Å². The molecular formula is C18H19N5O3. The molecule has 0 aliphatic carbocycles. The third-order valence-electron chi connectivity index (χ3n) is 4.11. The summed E-state index contributed by atoms with van der Waals surface area (Å²) in [5.74, 6) is 0.206. The number of aromatic nitrogens is 3. The van der Waals surface area contributed by atoms with E-state index in [0.29, 0.717) is 22.6 Å². The molecule has 1 amide bonds. The van der Waals surface area contributed by atoms with E-state index in [4.69, 9.17) is 0 Å². The number of nitrogens with zero attached hydrogens (tertiary/aromatic N) is 4. The van der Waals surface area contributed by atoms with Gasteiger partial charge in [0.2, 0.25) is 5.91 Å². The van der Waals surface area contributed by atoms with Crippen LogP contribution in [0.2, 0.25) is 0 Å². The van der Waals surface area contributed by atoms with E-state index in [2.05, 4.69) is 20.5 Å². The van der Waals surface area contributed by atoms with E-state index in [1.165, 1.54) is 12.4 Å². The Morgan fingerprint density at radius 1 is 1.38 bits per heavy atom. The summed E-state index contributed by atoms with van der Waals surface area (Å²) < 4.78 is 1.86. The van der Waals surface area contributed by atoms with Gasteiger partial charge in [-0.2, -0.15) is 5.10 Å². The molecule has 0 fully saturated rings. The summed E-state index contributed by atoms with van der Waals surface area (Å²) in [6.45, 7) is 1.34. The van der Waals surface area contributed by atoms with Gasteiger partial charge in [0.05, 0.1) is 36.0 Å². The highest BCUT2D eigenvalue weighted by Crippen LogP contribution is 2.21. The quantitative estimate of drug-likeness (QED) is 0.471. The first-order valence-corrected chi connectivity index (χ1v) is 8.01. The summed E-state index contributed by atoms with van der Waals surface area (Å²) in [7, 11) is 1.85. The number of hydrogen-bond donors (Lipinski definition) is 3. The Bertz CT molecular complexity index is 994. The molecule has 2 heterocycles. The second-order valence-corrected chi connectivity index (χ2v) is 5.83. The van der Waals surface area contributed by atoms with Crippen LogP contribution in [0.5, 0.6) is 5.75 Å². The molecule has 8 heteroatoms. The number of aliphatic hydroxyl groups is 1. The summed E-state index contributed by atoms with van der Waals surface area (Å²) in [5.41, 5.74) is 5.34. The normalized spacial score (nSPS) is 11.3. The van der Waals surface area contributed by atoms with Crippen molar-refractivity contribution in [2.24, 2.45) is 12.1 Å². The van der Waals surface area contributed by atoms with Crippen molar-refractivity contribution >= 4 is 23.2 Å². The Balaban J connectivity index is 1.72. The predicted molar refractivity (Wildman–Crippen MR) is 96.7 cm³/mol. The number of para-hydroxylation sites is 2. The fraction of sp³-hybridized carbons (Fsp3) is 0.222. The maximum absolute atomic E-state index is 12.1. The SMILES string of the molecule is Cc1ncc(CO)c(/C=N/NC(=O)Cc2nc3ccccc3n2C)c1O. The Morgan fingerprint density at radius 2 is 2.15 bits per heavy atom. The molecule has 3 N–H and O–H groups in total. The summed E-state index contributed by atoms with van der Waals surface area (Å²) in [6.07, 6.45) is 2.82. The van der Waals surface area contributed by atoms with Gasteiger partial charge in [-0.25, -0.2) is 10.4 Å². The van der Waals surface area contributed by atoms with Crippen LogP contribution in [0.3, 0.4) is 0 Å². The van der Waals surface area contributed by atoms with Crippen molar-refractivity contribution in [3.8, 4) is 5.75 Å². The number of pyridine rings is 1. The first-order chi connectivity index (χ1) is 12.5. The van der Waals surface area contributed by atoms with Crippen LogP contribution in [-0.4, -0.2) is 36.9 Å². The zero-order valence-electron chi connectivity index (χ0n) is 14.5. The van der Waals surface area contributed by atoms with Crippen molar-refractivity contribution in [1.82, 2.24) is 20.0 Å². The maximum Gasteiger partial charge on any atom is 0.247 e. The summed E-state index contributed by atoms with van der Waals surface area (Å²) in [4.78, 5) is 20.5. The molecule has 0 saturated heterocycles. The van der Waals surface area contributed by atoms with Crippen LogP contribution in [0.15, 0.2) is 35.6 Å². The number of amides is 1. The van der Waals surface area contributed by atoms with Gasteiger partial charge in [-0.1, -0.05) is 12.1 Å². The highest BCUT2D eigenvalue weighted by molar-refractivity contribution is 5.87. The number of hydrogen-bond acceptors (Lipinski definition) is 6. The lowest BCUT2D eigenvalue weighted by Gasteiger charge is -2.07. The number of aromatic hydroxyl groups is 1. The number of benzene rings is 1. The minimum Gasteiger partial charge on any atom is -0.505 e. The summed E-state index contributed by atoms with van der Waals surface area (Å²) in [5, 5.41) is 23.2. The molecule has 0 radical (unpaired) electrons. The number of hydrazone groups is 1. The number of imidazole rings is 1. The van der Waals surface area contributed by atoms with Gasteiger partial charge in [0, 0.05) is 24.4 Å². The van der Waals surface area contributed by atoms with Crippen LogP contribution in [0.25, 0.3) is 11.0 Å². The zero-order valence-corrected chi connectivity index (χ0v) is 14.5. The predicted octanol–water partition coefficient (Wildman–Crippen LogP) is 1.17. The van der Waals surface area contributed by atoms with Crippen molar-refractivity contribution in [2.45, 2.75) is 20.0 Å². The van der Waals surface area contributed by atoms with E-state index in [9.17, 15) is 15.0 Å². The van der Waals surface area contributed by atoms with E-state index >= 15 is 0 Å². The molecule has 0 atom stereocenters. The van der Waals surface area contributed by atoms with Crippen molar-refractivity contribution in [3.63, 3.8) is 0 Å². The minimum absolute atomic E-state index is 0.0662. The summed E-state index contributed by atoms with van der Waals surface area (Å²) in [6, 6.07) is 7.64. The van der Waals surface area contributed by atoms with Crippen molar-refractivity contribution in [1.29, 1.82) is 0 Å². The van der Waals surface area contributed by atoms with Crippen LogP contribution >= 0.6 is 0 Å². The lowest BCUT2D eigenvalue weighted by atomic mass is 10.1. The lowest BCUT2D eigenvalue weighted by molar-refractivity contribution is -0.120. The Labute approximate surface area is 149 Å². The molecule has 0 bridgehead atoms. The molecule has 2 aromatic heterocycles. The highest BCUT2D eigenvalue weighted by atomic mass is 16.3. The number of aryl methyl sites for hydroxylation is 2. The largest absolute Gasteiger partial charge is 0.505 e. The number of aliphatic hydroxyl groups excluding tert-OH is 1. The van der Waals surface area contributed by atoms with Gasteiger partial charge in [-0.05, 0) is 19.1 Å². The average molecular weight is 353 g/mol. The van der Waals surface area contributed by atoms with Gasteiger partial charge in [0.25, 0.3) is 0 Å². The van der Waals surface area contributed by atoms with E-state index in [-0.39, 0.29) is 24.7 Å². The number of nitrogens with one attached hydrogen (secondary N) is 1. The Kier molecular flexibility index (Phi) is 4.94. The second-order valence-electron chi connectivity index (χ2n) is 5.83. The number of carbonyl (C=O) groups excluding carboxylic acids is 1. The molecule has 0 unspecified atom stereocenters. The first-order valence-electron chi connectivity index (χ1n) is 8.01. The molecular weight excluding hydrogens is 334 g/mol. The van der Waals surface area contributed by atoms with Crippen LogP contribution < -0.4 is 5.43 Å². The number of rotatable bonds is 5. The molecule has 26 heavy (non-hydrogen) atoms. The smallest absolute Gasteiger partial charge is 0.247 e. The number of carbonyl (C=O) groups is 1. The molecule has 1 aromatic carbocycles. The van der Waals surface area contributed by atoms with Crippen molar-refractivity contribution in [2.75, 3.05) is 0 Å². The average Bonchev–Trinajstić information content (AvgIpc) is 2.95. The zero-order chi connectivity index (χ0) is 18.7. The minimum atomic E-state index is -0.338. The molecule has 0 spiro atoms. The van der Waals surface area contributed by atoms with E-state index in [1.807, 2.05) is 35.9 Å². The maximum atomic E-state index is 12.1. The number of fused-ring (bicyclic) bond motifs is 1. The third kappa shape index (κ3) is 3.40. The molecule has 0 aliphatic heterocycles. The van der Waals surface area contributed by atoms with Gasteiger partial charge >= 0.3 is 0 Å². The Hall–Kier alpha value is -3.26. The lowest BCUT2D eigenvalue weighted by Crippen LogP contribution is -2.21. The fourth-order valence-electron chi connectivity index (χ4n) is 2.63. The van der Waals surface area contributed by atoms with Gasteiger partial charge in [-0.15, -0.1) is 0 Å². The topological polar surface area (TPSA) is 113 Å². The molecule has 3 rings (SSSR count). The monoisotopic (exact) mass is 353 g/mol. The van der Waals surface area contributed by atoms with Crippen LogP contribution in [0, 0.1) is 6.92 Å². The van der Waals surface area contributed by atoms with Gasteiger partial charge in [0.1, 0.15) is 11.6 Å². The van der Waals surface area contributed by atoms with E-state index in [1.54, 1.807) is 6.92 Å². The van der Waals surface area contributed by atoms with Crippen LogP contribution in [0.1, 0.15) is 22.6 Å². The van der Waals surface area contributed by atoms with Gasteiger partial charge in [-0.3, -0.25) is 9.78 Å². The third-order valence-corrected chi connectivity index (χ3v) is 4.11. The molecule has 8 nitrogen and oxygen atoms in total. The molecule has 0 aliphatic rings. The first kappa shape index (κ1) is 17.6. The Morgan fingerprint density at radius 3 is 2.88 bits per heavy atom. The second kappa shape index (κ2) is 7.32. The standard InChI is InChI=1S/C18H19N5O3/c1-11-18(26)13(12(10-24)8-19-11)9-20-22-17(25)7-16-21-14-5-3-4-6-15(14)23(16)2/h3-6,8-9,24,26H,7,10H2,1-2H3,(H,22,25)/b20-9+. The van der Waals surface area contributed by atoms with Gasteiger partial charge < -0.3 is 14.8 Å². The van der Waals surface area contributed by atoms with Crippen molar-refractivity contribution < 1.29 is 15.0 Å².